The molecule has 1 N–H and O–H groups in total. The van der Waals surface area contributed by atoms with Crippen LogP contribution in [0.2, 0.25) is 0 Å². The summed E-state index contributed by atoms with van der Waals surface area (Å²) in [5.41, 5.74) is 3.12. The molecule has 0 bridgehead atoms. The van der Waals surface area contributed by atoms with Crippen molar-refractivity contribution in [2.75, 3.05) is 6.54 Å². The average Bonchev–Trinajstić information content (AvgIpc) is 2.87. The van der Waals surface area contributed by atoms with Gasteiger partial charge < -0.3 is 5.32 Å². The van der Waals surface area contributed by atoms with E-state index in [-0.39, 0.29) is 0 Å². The molecule has 102 valence electrons. The van der Waals surface area contributed by atoms with Crippen LogP contribution in [0.4, 0.5) is 0 Å². The van der Waals surface area contributed by atoms with Crippen molar-refractivity contribution in [3.63, 3.8) is 0 Å². The molecular weight excluding hydrogens is 230 g/mol. The molecule has 0 radical (unpaired) electrons. The number of terminal acetylenes is 1. The molecule has 1 aromatic rings. The number of hydrogen-bond donors (Lipinski definition) is 1. The van der Waals surface area contributed by atoms with Crippen molar-refractivity contribution in [2.45, 2.75) is 57.4 Å². The van der Waals surface area contributed by atoms with Crippen molar-refractivity contribution < 1.29 is 0 Å². The molecule has 0 aromatic heterocycles. The standard InChI is InChI=1S/C18H25N/c1-3-5-6-11-18(19-14-4-2)17-13-12-15-9-7-8-10-16(15)17/h1,7-10,17-19H,4-6,11-14H2,2H3. The lowest BCUT2D eigenvalue weighted by atomic mass is 9.89. The maximum Gasteiger partial charge on any atom is 0.0136 e. The normalized spacial score (nSPS) is 18.8. The lowest BCUT2D eigenvalue weighted by Gasteiger charge is -2.25. The summed E-state index contributed by atoms with van der Waals surface area (Å²) in [5.74, 6) is 3.44. The molecule has 0 fully saturated rings. The fourth-order valence-electron chi connectivity index (χ4n) is 3.21. The second kappa shape index (κ2) is 7.36. The summed E-state index contributed by atoms with van der Waals surface area (Å²) in [5, 5.41) is 3.74. The fraction of sp³-hybridized carbons (Fsp3) is 0.556. The number of benzene rings is 1. The molecule has 0 aliphatic heterocycles. The molecule has 1 aromatic carbocycles. The highest BCUT2D eigenvalue weighted by molar-refractivity contribution is 5.36. The Bertz CT molecular complexity index is 430. The molecule has 0 saturated carbocycles. The minimum absolute atomic E-state index is 0.594. The Kier molecular flexibility index (Phi) is 5.48. The minimum Gasteiger partial charge on any atom is -0.313 e. The van der Waals surface area contributed by atoms with Crippen LogP contribution in [-0.2, 0) is 6.42 Å². The van der Waals surface area contributed by atoms with Crippen molar-refractivity contribution in [1.82, 2.24) is 5.32 Å². The van der Waals surface area contributed by atoms with Crippen LogP contribution in [0, 0.1) is 12.3 Å². The van der Waals surface area contributed by atoms with Crippen LogP contribution in [0.15, 0.2) is 24.3 Å². The Morgan fingerprint density at radius 1 is 1.42 bits per heavy atom. The monoisotopic (exact) mass is 255 g/mol. The van der Waals surface area contributed by atoms with Gasteiger partial charge >= 0.3 is 0 Å². The first-order valence-corrected chi connectivity index (χ1v) is 7.61. The highest BCUT2D eigenvalue weighted by Crippen LogP contribution is 2.36. The van der Waals surface area contributed by atoms with E-state index in [1.807, 2.05) is 0 Å². The van der Waals surface area contributed by atoms with Gasteiger partial charge in [0.2, 0.25) is 0 Å². The van der Waals surface area contributed by atoms with Gasteiger partial charge in [0.25, 0.3) is 0 Å². The van der Waals surface area contributed by atoms with E-state index in [0.29, 0.717) is 12.0 Å². The lowest BCUT2D eigenvalue weighted by molar-refractivity contribution is 0.398. The van der Waals surface area contributed by atoms with Crippen LogP contribution >= 0.6 is 0 Å². The Morgan fingerprint density at radius 2 is 2.26 bits per heavy atom. The van der Waals surface area contributed by atoms with Gasteiger partial charge in [-0.25, -0.2) is 0 Å². The minimum atomic E-state index is 0.594. The summed E-state index contributed by atoms with van der Waals surface area (Å²) in [6, 6.07) is 9.53. The van der Waals surface area contributed by atoms with Gasteiger partial charge in [-0.2, -0.15) is 0 Å². The third-order valence-corrected chi connectivity index (χ3v) is 4.16. The number of aryl methyl sites for hydroxylation is 1. The molecule has 0 spiro atoms. The van der Waals surface area contributed by atoms with Crippen molar-refractivity contribution in [3.05, 3.63) is 35.4 Å². The first-order chi connectivity index (χ1) is 9.36. The quantitative estimate of drug-likeness (QED) is 0.576. The average molecular weight is 255 g/mol. The summed E-state index contributed by atoms with van der Waals surface area (Å²) in [4.78, 5) is 0. The largest absolute Gasteiger partial charge is 0.313 e. The van der Waals surface area contributed by atoms with E-state index in [1.54, 1.807) is 11.1 Å². The SMILES string of the molecule is C#CCCCC(NCCC)C1CCc2ccccc21. The first kappa shape index (κ1) is 14.2. The fourth-order valence-corrected chi connectivity index (χ4v) is 3.21. The molecule has 0 saturated heterocycles. The molecule has 1 aliphatic carbocycles. The molecule has 0 amide bonds. The van der Waals surface area contributed by atoms with Crippen molar-refractivity contribution in [3.8, 4) is 12.3 Å². The van der Waals surface area contributed by atoms with Gasteiger partial charge in [0.15, 0.2) is 0 Å². The van der Waals surface area contributed by atoms with Gasteiger partial charge in [-0.1, -0.05) is 31.2 Å². The molecule has 19 heavy (non-hydrogen) atoms. The van der Waals surface area contributed by atoms with E-state index in [1.165, 1.54) is 25.7 Å². The predicted molar refractivity (Wildman–Crippen MR) is 82.3 cm³/mol. The molecule has 1 aliphatic rings. The third kappa shape index (κ3) is 3.61. The zero-order valence-electron chi connectivity index (χ0n) is 12.0. The molecular formula is C18H25N. The van der Waals surface area contributed by atoms with Gasteiger partial charge in [0.1, 0.15) is 0 Å². The van der Waals surface area contributed by atoms with Crippen LogP contribution in [0.1, 0.15) is 56.1 Å². The summed E-state index contributed by atoms with van der Waals surface area (Å²) < 4.78 is 0. The van der Waals surface area contributed by atoms with E-state index in [0.717, 1.165) is 19.4 Å². The van der Waals surface area contributed by atoms with Crippen LogP contribution in [-0.4, -0.2) is 12.6 Å². The molecule has 2 rings (SSSR count). The van der Waals surface area contributed by atoms with Gasteiger partial charge in [-0.3, -0.25) is 0 Å². The van der Waals surface area contributed by atoms with Crippen LogP contribution in [0.3, 0.4) is 0 Å². The lowest BCUT2D eigenvalue weighted by Crippen LogP contribution is -2.34. The van der Waals surface area contributed by atoms with Gasteiger partial charge in [0.05, 0.1) is 0 Å². The number of rotatable bonds is 7. The predicted octanol–water partition coefficient (Wildman–Crippen LogP) is 3.89. The number of fused-ring (bicyclic) bond motifs is 1. The summed E-state index contributed by atoms with van der Waals surface area (Å²) in [7, 11) is 0. The van der Waals surface area contributed by atoms with Crippen LogP contribution in [0.5, 0.6) is 0 Å². The maximum absolute atomic E-state index is 5.37. The highest BCUT2D eigenvalue weighted by Gasteiger charge is 2.28. The van der Waals surface area contributed by atoms with Crippen LogP contribution < -0.4 is 5.32 Å². The summed E-state index contributed by atoms with van der Waals surface area (Å²) in [6.45, 7) is 3.34. The van der Waals surface area contributed by atoms with E-state index in [2.05, 4.69) is 42.4 Å². The molecule has 2 atom stereocenters. The third-order valence-electron chi connectivity index (χ3n) is 4.16. The zero-order valence-corrected chi connectivity index (χ0v) is 12.0. The van der Waals surface area contributed by atoms with Gasteiger partial charge in [-0.05, 0) is 55.7 Å². The zero-order chi connectivity index (χ0) is 13.5. The summed E-state index contributed by atoms with van der Waals surface area (Å²) >= 11 is 0. The molecule has 1 nitrogen and oxygen atoms in total. The van der Waals surface area contributed by atoms with E-state index in [9.17, 15) is 0 Å². The van der Waals surface area contributed by atoms with Crippen LogP contribution in [0.25, 0.3) is 0 Å². The van der Waals surface area contributed by atoms with Crippen molar-refractivity contribution >= 4 is 0 Å². The van der Waals surface area contributed by atoms with Crippen molar-refractivity contribution in [1.29, 1.82) is 0 Å². The Hall–Kier alpha value is -1.26. The number of unbranched alkanes of at least 4 members (excludes halogenated alkanes) is 1. The Morgan fingerprint density at radius 3 is 3.05 bits per heavy atom. The second-order valence-electron chi connectivity index (χ2n) is 5.50. The summed E-state index contributed by atoms with van der Waals surface area (Å²) in [6.07, 6.45) is 12.3. The topological polar surface area (TPSA) is 12.0 Å². The molecule has 1 heteroatoms. The smallest absolute Gasteiger partial charge is 0.0136 e. The van der Waals surface area contributed by atoms with E-state index in [4.69, 9.17) is 6.42 Å². The highest BCUT2D eigenvalue weighted by atomic mass is 14.9. The molecule has 0 heterocycles. The molecule has 2 unspecified atom stereocenters. The Balaban J connectivity index is 2.04. The van der Waals surface area contributed by atoms with Crippen molar-refractivity contribution in [2.24, 2.45) is 0 Å². The maximum atomic E-state index is 5.37. The Labute approximate surface area is 117 Å². The van der Waals surface area contributed by atoms with Gasteiger partial charge in [0, 0.05) is 12.5 Å². The number of nitrogens with one attached hydrogen (secondary N) is 1. The number of hydrogen-bond acceptors (Lipinski definition) is 1. The van der Waals surface area contributed by atoms with E-state index < -0.39 is 0 Å². The first-order valence-electron chi connectivity index (χ1n) is 7.61. The van der Waals surface area contributed by atoms with Gasteiger partial charge in [-0.15, -0.1) is 12.3 Å². The second-order valence-corrected chi connectivity index (χ2v) is 5.50. The van der Waals surface area contributed by atoms with E-state index >= 15 is 0 Å².